The second kappa shape index (κ2) is 9.16. The highest BCUT2D eigenvalue weighted by molar-refractivity contribution is 7.20. The van der Waals surface area contributed by atoms with Crippen molar-refractivity contribution in [1.29, 1.82) is 0 Å². The van der Waals surface area contributed by atoms with E-state index in [9.17, 15) is 9.59 Å². The highest BCUT2D eigenvalue weighted by atomic mass is 35.5. The van der Waals surface area contributed by atoms with E-state index in [1.165, 1.54) is 11.3 Å². The number of hydrogen-bond donors (Lipinski definition) is 1. The van der Waals surface area contributed by atoms with Gasteiger partial charge in [0.1, 0.15) is 9.71 Å². The quantitative estimate of drug-likeness (QED) is 0.560. The number of aryl methyl sites for hydroxylation is 1. The molecule has 1 fully saturated rings. The van der Waals surface area contributed by atoms with Gasteiger partial charge in [0.2, 0.25) is 0 Å². The maximum Gasteiger partial charge on any atom is 0.348 e. The highest BCUT2D eigenvalue weighted by Crippen LogP contribution is 2.30. The number of hydrogen-bond acceptors (Lipinski definition) is 6. The second-order valence-corrected chi connectivity index (χ2v) is 8.62. The van der Waals surface area contributed by atoms with Crippen LogP contribution in [-0.2, 0) is 20.8 Å². The van der Waals surface area contributed by atoms with Gasteiger partial charge in [-0.15, -0.1) is 11.3 Å². The van der Waals surface area contributed by atoms with Crippen molar-refractivity contribution in [1.82, 2.24) is 15.1 Å². The Morgan fingerprint density at radius 2 is 2.23 bits per heavy atom. The van der Waals surface area contributed by atoms with E-state index in [4.69, 9.17) is 21.1 Å². The zero-order valence-electron chi connectivity index (χ0n) is 16.5. The van der Waals surface area contributed by atoms with Crippen molar-refractivity contribution in [3.8, 4) is 0 Å². The van der Waals surface area contributed by atoms with Crippen LogP contribution in [0.4, 0.5) is 0 Å². The van der Waals surface area contributed by atoms with Gasteiger partial charge in [-0.2, -0.15) is 5.10 Å². The van der Waals surface area contributed by atoms with Gasteiger partial charge < -0.3 is 14.8 Å². The fourth-order valence-electron chi connectivity index (χ4n) is 3.39. The van der Waals surface area contributed by atoms with E-state index in [1.54, 1.807) is 6.07 Å². The number of carbonyl (C=O) groups excluding carboxylic acids is 2. The summed E-state index contributed by atoms with van der Waals surface area (Å²) in [5.74, 6) is -0.854. The molecule has 0 aliphatic carbocycles. The monoisotopic (exact) mass is 447 g/mol. The van der Waals surface area contributed by atoms with Crippen molar-refractivity contribution in [3.05, 3.63) is 51.5 Å². The smallest absolute Gasteiger partial charge is 0.348 e. The molecular weight excluding hydrogens is 426 g/mol. The molecule has 0 spiro atoms. The lowest BCUT2D eigenvalue weighted by molar-refractivity contribution is -0.124. The van der Waals surface area contributed by atoms with Gasteiger partial charge in [0.25, 0.3) is 5.91 Å². The van der Waals surface area contributed by atoms with Crippen LogP contribution in [0.25, 0.3) is 10.2 Å². The van der Waals surface area contributed by atoms with Crippen LogP contribution in [-0.4, -0.2) is 47.5 Å². The molecule has 1 aromatic carbocycles. The van der Waals surface area contributed by atoms with E-state index in [2.05, 4.69) is 10.4 Å². The van der Waals surface area contributed by atoms with E-state index >= 15 is 0 Å². The molecule has 1 amide bonds. The van der Waals surface area contributed by atoms with Crippen molar-refractivity contribution < 1.29 is 19.1 Å². The first-order valence-electron chi connectivity index (χ1n) is 9.77. The Hall–Kier alpha value is -2.42. The van der Waals surface area contributed by atoms with Crippen LogP contribution in [0.5, 0.6) is 0 Å². The number of nitrogens with one attached hydrogen (secondary N) is 1. The minimum atomic E-state index is -0.521. The molecule has 3 heterocycles. The summed E-state index contributed by atoms with van der Waals surface area (Å²) in [6.07, 6.45) is 2.00. The van der Waals surface area contributed by atoms with Crippen LogP contribution >= 0.6 is 22.9 Å². The standard InChI is InChI=1S/C21H22ClN3O4S/c1-13-16-9-18(21(27)29-12-19(26)23-10-15-6-4-8-28-15)30-20(16)25(24-13)11-14-5-2-3-7-17(14)22/h2-3,5,7,9,15H,4,6,8,10-12H2,1H3,(H,23,26)/t15-/m0/s1. The molecule has 9 heteroatoms. The number of esters is 1. The van der Waals surface area contributed by atoms with Crippen LogP contribution in [0.1, 0.15) is 33.8 Å². The number of nitrogens with zero attached hydrogens (tertiary/aromatic N) is 2. The molecule has 7 nitrogen and oxygen atoms in total. The molecule has 1 saturated heterocycles. The fraction of sp³-hybridized carbons (Fsp3) is 0.381. The van der Waals surface area contributed by atoms with Gasteiger partial charge in [0.15, 0.2) is 6.61 Å². The van der Waals surface area contributed by atoms with Gasteiger partial charge in [-0.3, -0.25) is 9.48 Å². The SMILES string of the molecule is Cc1nn(Cc2ccccc2Cl)c2sc(C(=O)OCC(=O)NC[C@@H]3CCCO3)cc12. The second-order valence-electron chi connectivity index (χ2n) is 7.18. The molecule has 1 aliphatic rings. The van der Waals surface area contributed by atoms with Gasteiger partial charge in [-0.1, -0.05) is 29.8 Å². The third kappa shape index (κ3) is 4.66. The molecule has 30 heavy (non-hydrogen) atoms. The molecule has 0 saturated carbocycles. The summed E-state index contributed by atoms with van der Waals surface area (Å²) in [5.41, 5.74) is 1.77. The Kier molecular flexibility index (Phi) is 6.36. The first-order valence-corrected chi connectivity index (χ1v) is 11.0. The van der Waals surface area contributed by atoms with E-state index in [-0.39, 0.29) is 18.6 Å². The molecule has 0 bridgehead atoms. The zero-order valence-corrected chi connectivity index (χ0v) is 18.1. The van der Waals surface area contributed by atoms with Crippen molar-refractivity contribution in [2.24, 2.45) is 0 Å². The first-order chi connectivity index (χ1) is 14.5. The Morgan fingerprint density at radius 1 is 1.40 bits per heavy atom. The highest BCUT2D eigenvalue weighted by Gasteiger charge is 2.20. The molecule has 1 aliphatic heterocycles. The van der Waals surface area contributed by atoms with Crippen LogP contribution < -0.4 is 5.32 Å². The van der Waals surface area contributed by atoms with E-state index < -0.39 is 5.97 Å². The summed E-state index contributed by atoms with van der Waals surface area (Å²) in [7, 11) is 0. The molecular formula is C21H22ClN3O4S. The van der Waals surface area contributed by atoms with Crippen molar-refractivity contribution >= 4 is 45.0 Å². The average molecular weight is 448 g/mol. The summed E-state index contributed by atoms with van der Waals surface area (Å²) < 4.78 is 12.5. The predicted octanol–water partition coefficient (Wildman–Crippen LogP) is 3.56. The van der Waals surface area contributed by atoms with Gasteiger partial charge >= 0.3 is 5.97 Å². The zero-order chi connectivity index (χ0) is 21.1. The number of ether oxygens (including phenoxy) is 2. The molecule has 2 aromatic heterocycles. The van der Waals surface area contributed by atoms with Crippen molar-refractivity contribution in [2.75, 3.05) is 19.8 Å². The number of carbonyl (C=O) groups is 2. The van der Waals surface area contributed by atoms with E-state index in [0.29, 0.717) is 23.0 Å². The summed E-state index contributed by atoms with van der Waals surface area (Å²) in [4.78, 5) is 25.7. The maximum atomic E-state index is 12.4. The Labute approximate surface area is 182 Å². The van der Waals surface area contributed by atoms with Gasteiger partial charge in [-0.05, 0) is 37.5 Å². The van der Waals surface area contributed by atoms with E-state index in [1.807, 2.05) is 35.9 Å². The van der Waals surface area contributed by atoms with Gasteiger partial charge in [-0.25, -0.2) is 4.79 Å². The summed E-state index contributed by atoms with van der Waals surface area (Å²) in [6, 6.07) is 9.36. The van der Waals surface area contributed by atoms with Crippen LogP contribution in [0, 0.1) is 6.92 Å². The number of amides is 1. The van der Waals surface area contributed by atoms with Crippen molar-refractivity contribution in [2.45, 2.75) is 32.4 Å². The molecule has 3 aromatic rings. The number of halogens is 1. The molecule has 1 atom stereocenters. The van der Waals surface area contributed by atoms with Crippen LogP contribution in [0.15, 0.2) is 30.3 Å². The number of fused-ring (bicyclic) bond motifs is 1. The lowest BCUT2D eigenvalue weighted by Crippen LogP contribution is -2.34. The Morgan fingerprint density at radius 3 is 3.00 bits per heavy atom. The third-order valence-corrected chi connectivity index (χ3v) is 6.47. The summed E-state index contributed by atoms with van der Waals surface area (Å²) >= 11 is 7.56. The minimum absolute atomic E-state index is 0.0521. The summed E-state index contributed by atoms with van der Waals surface area (Å²) in [6.45, 7) is 3.26. The molecule has 0 radical (unpaired) electrons. The largest absolute Gasteiger partial charge is 0.451 e. The van der Waals surface area contributed by atoms with Crippen LogP contribution in [0.2, 0.25) is 5.02 Å². The fourth-order valence-corrected chi connectivity index (χ4v) is 4.64. The van der Waals surface area contributed by atoms with Crippen LogP contribution in [0.3, 0.4) is 0 Å². The van der Waals surface area contributed by atoms with Gasteiger partial charge in [0, 0.05) is 23.6 Å². The summed E-state index contributed by atoms with van der Waals surface area (Å²) in [5, 5.41) is 8.86. The van der Waals surface area contributed by atoms with E-state index in [0.717, 1.165) is 40.9 Å². The Bertz CT molecular complexity index is 1070. The first kappa shape index (κ1) is 20.8. The van der Waals surface area contributed by atoms with Crippen molar-refractivity contribution in [3.63, 3.8) is 0 Å². The maximum absolute atomic E-state index is 12.4. The molecule has 158 valence electrons. The topological polar surface area (TPSA) is 82.5 Å². The molecule has 4 rings (SSSR count). The minimum Gasteiger partial charge on any atom is -0.451 e. The van der Waals surface area contributed by atoms with Gasteiger partial charge in [0.05, 0.1) is 18.3 Å². The lowest BCUT2D eigenvalue weighted by atomic mass is 10.2. The lowest BCUT2D eigenvalue weighted by Gasteiger charge is -2.10. The number of aromatic nitrogens is 2. The average Bonchev–Trinajstić information content (AvgIpc) is 3.46. The third-order valence-electron chi connectivity index (χ3n) is 4.97. The molecule has 1 N–H and O–H groups in total. The number of rotatable bonds is 7. The molecule has 0 unspecified atom stereocenters. The Balaban J connectivity index is 1.39. The number of benzene rings is 1. The predicted molar refractivity (Wildman–Crippen MR) is 115 cm³/mol. The normalized spacial score (nSPS) is 16.1. The number of thiophene rings is 1.